The lowest BCUT2D eigenvalue weighted by molar-refractivity contribution is -0.151. The van der Waals surface area contributed by atoms with Crippen molar-refractivity contribution in [2.24, 2.45) is 11.7 Å². The van der Waals surface area contributed by atoms with Crippen LogP contribution in [-0.2, 0) is 29.1 Å². The Morgan fingerprint density at radius 2 is 1.78 bits per heavy atom. The normalized spacial score (nSPS) is 18.0. The molecule has 2 amide bonds. The number of rotatable bonds is 12. The Bertz CT molecular complexity index is 1450. The Balaban J connectivity index is 0.00000552. The molecule has 14 heteroatoms. The SMILES string of the molecule is CCOC(=O)CN(C(=O)[C@H](CC(=O)NC[C@@H]1CCCN(C(=N)N)C1)NS(=O)(=O)c1ccc2ccccc2c1)C1CCCCC1.Cl. The molecule has 2 aromatic rings. The van der Waals surface area contributed by atoms with Crippen molar-refractivity contribution < 1.29 is 27.5 Å². The number of likely N-dealkylation sites (tertiary alicyclic amines) is 1. The number of sulfonamides is 1. The van der Waals surface area contributed by atoms with Gasteiger partial charge >= 0.3 is 5.97 Å². The van der Waals surface area contributed by atoms with Crippen LogP contribution in [0.3, 0.4) is 0 Å². The molecule has 12 nitrogen and oxygen atoms in total. The van der Waals surface area contributed by atoms with Crippen molar-refractivity contribution >= 4 is 56.9 Å². The molecule has 248 valence electrons. The van der Waals surface area contributed by atoms with E-state index in [1.54, 1.807) is 24.0 Å². The maximum Gasteiger partial charge on any atom is 0.325 e. The molecule has 2 fully saturated rings. The lowest BCUT2D eigenvalue weighted by Crippen LogP contribution is -2.55. The molecular formula is C31H45ClN6O6S. The van der Waals surface area contributed by atoms with E-state index in [0.717, 1.165) is 37.5 Å². The number of nitrogens with one attached hydrogen (secondary N) is 3. The van der Waals surface area contributed by atoms with Crippen molar-refractivity contribution in [1.82, 2.24) is 19.8 Å². The quantitative estimate of drug-likeness (QED) is 0.152. The van der Waals surface area contributed by atoms with E-state index >= 15 is 0 Å². The highest BCUT2D eigenvalue weighted by atomic mass is 35.5. The average molecular weight is 665 g/mol. The van der Waals surface area contributed by atoms with E-state index in [1.807, 2.05) is 18.2 Å². The number of halogens is 1. The maximum absolute atomic E-state index is 14.1. The second-order valence-electron chi connectivity index (χ2n) is 11.6. The lowest BCUT2D eigenvalue weighted by atomic mass is 9.93. The van der Waals surface area contributed by atoms with E-state index in [9.17, 15) is 22.8 Å². The van der Waals surface area contributed by atoms with Gasteiger partial charge < -0.3 is 25.6 Å². The maximum atomic E-state index is 14.1. The first kappa shape index (κ1) is 36.1. The van der Waals surface area contributed by atoms with Crippen LogP contribution in [0.15, 0.2) is 47.4 Å². The van der Waals surface area contributed by atoms with Crippen LogP contribution in [0.4, 0.5) is 0 Å². The van der Waals surface area contributed by atoms with Gasteiger partial charge in [-0.25, -0.2) is 8.42 Å². The highest BCUT2D eigenvalue weighted by Crippen LogP contribution is 2.25. The smallest absolute Gasteiger partial charge is 0.325 e. The van der Waals surface area contributed by atoms with Crippen molar-refractivity contribution in [3.8, 4) is 0 Å². The van der Waals surface area contributed by atoms with Gasteiger partial charge in [0.2, 0.25) is 21.8 Å². The first-order chi connectivity index (χ1) is 21.1. The van der Waals surface area contributed by atoms with Crippen molar-refractivity contribution in [2.75, 3.05) is 32.8 Å². The Morgan fingerprint density at radius 1 is 1.07 bits per heavy atom. The van der Waals surface area contributed by atoms with Crippen LogP contribution in [0.5, 0.6) is 0 Å². The summed E-state index contributed by atoms with van der Waals surface area (Å²) in [5, 5.41) is 12.1. The van der Waals surface area contributed by atoms with Gasteiger partial charge in [-0.15, -0.1) is 12.4 Å². The minimum Gasteiger partial charge on any atom is -0.465 e. The standard InChI is InChI=1S/C31H44N6O6S.ClH/c1-2-43-29(39)21-37(25-12-4-3-5-13-25)30(40)27(18-28(38)34-19-22-9-8-16-36(20-22)31(32)33)35-44(41,42)26-15-14-23-10-6-7-11-24(23)17-26;/h6-7,10-11,14-15,17,22,25,27,35H,2-5,8-9,12-13,16,18-21H2,1H3,(H3,32,33)(H,34,38);1H/t22-,27-;/m0./s1. The molecule has 1 saturated heterocycles. The molecule has 1 heterocycles. The third-order valence-corrected chi connectivity index (χ3v) is 9.84. The molecule has 0 spiro atoms. The van der Waals surface area contributed by atoms with Gasteiger partial charge in [-0.1, -0.05) is 49.6 Å². The number of esters is 1. The number of carbonyl (C=O) groups excluding carboxylic acids is 3. The largest absolute Gasteiger partial charge is 0.465 e. The molecule has 0 radical (unpaired) electrons. The molecular weight excluding hydrogens is 620 g/mol. The van der Waals surface area contributed by atoms with Crippen molar-refractivity contribution in [2.45, 2.75) is 75.3 Å². The molecule has 2 atom stereocenters. The van der Waals surface area contributed by atoms with Gasteiger partial charge in [0.25, 0.3) is 0 Å². The molecule has 45 heavy (non-hydrogen) atoms. The highest BCUT2D eigenvalue weighted by molar-refractivity contribution is 7.89. The minimum atomic E-state index is -4.23. The summed E-state index contributed by atoms with van der Waals surface area (Å²) >= 11 is 0. The van der Waals surface area contributed by atoms with E-state index in [1.165, 1.54) is 17.0 Å². The number of nitrogens with two attached hydrogens (primary N) is 1. The number of fused-ring (bicyclic) bond motifs is 1. The summed E-state index contributed by atoms with van der Waals surface area (Å²) in [6.07, 6.45) is 5.36. The first-order valence-electron chi connectivity index (χ1n) is 15.4. The lowest BCUT2D eigenvalue weighted by Gasteiger charge is -2.36. The predicted molar refractivity (Wildman–Crippen MR) is 174 cm³/mol. The van der Waals surface area contributed by atoms with Crippen LogP contribution in [0, 0.1) is 11.3 Å². The van der Waals surface area contributed by atoms with E-state index in [4.69, 9.17) is 15.9 Å². The van der Waals surface area contributed by atoms with Gasteiger partial charge in [-0.05, 0) is 61.4 Å². The number of hydrogen-bond donors (Lipinski definition) is 4. The summed E-state index contributed by atoms with van der Waals surface area (Å²) < 4.78 is 35.0. The molecule has 2 aromatic carbocycles. The van der Waals surface area contributed by atoms with Crippen LogP contribution in [0.1, 0.15) is 58.3 Å². The molecule has 0 aromatic heterocycles. The van der Waals surface area contributed by atoms with Gasteiger partial charge in [0, 0.05) is 25.7 Å². The summed E-state index contributed by atoms with van der Waals surface area (Å²) in [4.78, 5) is 43.1. The zero-order chi connectivity index (χ0) is 31.7. The fourth-order valence-corrected chi connectivity index (χ4v) is 7.29. The van der Waals surface area contributed by atoms with Crippen LogP contribution >= 0.6 is 12.4 Å². The number of piperidine rings is 1. The van der Waals surface area contributed by atoms with Crippen LogP contribution < -0.4 is 15.8 Å². The van der Waals surface area contributed by atoms with Gasteiger partial charge in [0.15, 0.2) is 5.96 Å². The van der Waals surface area contributed by atoms with Crippen LogP contribution in [0.2, 0.25) is 0 Å². The predicted octanol–water partition coefficient (Wildman–Crippen LogP) is 2.74. The van der Waals surface area contributed by atoms with Crippen molar-refractivity contribution in [3.05, 3.63) is 42.5 Å². The number of guanidine groups is 1. The monoisotopic (exact) mass is 664 g/mol. The van der Waals surface area contributed by atoms with E-state index in [2.05, 4.69) is 10.0 Å². The molecule has 0 bridgehead atoms. The molecule has 5 N–H and O–H groups in total. The van der Waals surface area contributed by atoms with Crippen molar-refractivity contribution in [1.29, 1.82) is 5.41 Å². The second-order valence-corrected chi connectivity index (χ2v) is 13.3. The summed E-state index contributed by atoms with van der Waals surface area (Å²) in [6, 6.07) is 10.3. The van der Waals surface area contributed by atoms with Gasteiger partial charge in [0.05, 0.1) is 17.9 Å². The Labute approximate surface area is 271 Å². The molecule has 1 aliphatic carbocycles. The third kappa shape index (κ3) is 10.0. The third-order valence-electron chi connectivity index (χ3n) is 8.37. The van der Waals surface area contributed by atoms with E-state index < -0.39 is 40.3 Å². The Hall–Kier alpha value is -3.42. The van der Waals surface area contributed by atoms with Gasteiger partial charge in [0.1, 0.15) is 12.6 Å². The fourth-order valence-electron chi connectivity index (χ4n) is 6.06. The second kappa shape index (κ2) is 16.8. The first-order valence-corrected chi connectivity index (χ1v) is 16.9. The molecule has 4 rings (SSSR count). The van der Waals surface area contributed by atoms with Crippen LogP contribution in [-0.4, -0.2) is 86.8 Å². The number of nitrogens with zero attached hydrogens (tertiary/aromatic N) is 2. The summed E-state index contributed by atoms with van der Waals surface area (Å²) in [5.41, 5.74) is 5.65. The zero-order valence-corrected chi connectivity index (χ0v) is 27.3. The molecule has 0 unspecified atom stereocenters. The van der Waals surface area contributed by atoms with E-state index in [-0.39, 0.29) is 48.4 Å². The van der Waals surface area contributed by atoms with Crippen LogP contribution in [0.25, 0.3) is 10.8 Å². The zero-order valence-electron chi connectivity index (χ0n) is 25.7. The number of hydrogen-bond acceptors (Lipinski definition) is 7. The number of benzene rings is 2. The molecule has 1 saturated carbocycles. The Kier molecular flexibility index (Phi) is 13.4. The summed E-state index contributed by atoms with van der Waals surface area (Å²) in [6.45, 7) is 3.02. The van der Waals surface area contributed by atoms with Crippen molar-refractivity contribution in [3.63, 3.8) is 0 Å². The molecule has 1 aliphatic heterocycles. The number of carbonyl (C=O) groups is 3. The van der Waals surface area contributed by atoms with E-state index in [0.29, 0.717) is 37.9 Å². The average Bonchev–Trinajstić information content (AvgIpc) is 3.02. The van der Waals surface area contributed by atoms with Gasteiger partial charge in [-0.3, -0.25) is 19.8 Å². The number of ether oxygens (including phenoxy) is 1. The topological polar surface area (TPSA) is 175 Å². The summed E-state index contributed by atoms with van der Waals surface area (Å²) in [5.74, 6) is -1.67. The fraction of sp³-hybridized carbons (Fsp3) is 0.548. The van der Waals surface area contributed by atoms with Gasteiger partial charge in [-0.2, -0.15) is 4.72 Å². The Morgan fingerprint density at radius 3 is 2.47 bits per heavy atom. The highest BCUT2D eigenvalue weighted by Gasteiger charge is 2.36. The summed E-state index contributed by atoms with van der Waals surface area (Å²) in [7, 11) is -4.23. The minimum absolute atomic E-state index is 0. The number of amides is 2. The molecule has 2 aliphatic rings.